The molecule has 2 aromatic rings. The molecule has 2 aromatic heterocycles. The minimum Gasteiger partial charge on any atom is -0.322 e. The highest BCUT2D eigenvalue weighted by atomic mass is 32.1. The quantitative estimate of drug-likeness (QED) is 0.837. The summed E-state index contributed by atoms with van der Waals surface area (Å²) in [5, 5.41) is 13.7. The molecule has 0 spiro atoms. The fourth-order valence-electron chi connectivity index (χ4n) is 1.75. The molecule has 0 saturated heterocycles. The molecule has 0 radical (unpaired) electrons. The Morgan fingerprint density at radius 3 is 2.87 bits per heavy atom. The number of rotatable bonds is 2. The Morgan fingerprint density at radius 1 is 1.47 bits per heavy atom. The summed E-state index contributed by atoms with van der Waals surface area (Å²) in [7, 11) is 0. The number of nitrogens with two attached hydrogens (primary N) is 1. The number of nitrogens with zero attached hydrogens (tertiary/aromatic N) is 4. The summed E-state index contributed by atoms with van der Waals surface area (Å²) in [6.45, 7) is 1.94. The largest absolute Gasteiger partial charge is 0.322 e. The summed E-state index contributed by atoms with van der Waals surface area (Å²) in [6.07, 6.45) is 3.72. The smallest absolute Gasteiger partial charge is 0.234 e. The molecular weight excluding hydrogens is 210 g/mol. The van der Waals surface area contributed by atoms with Crippen LogP contribution in [-0.2, 0) is 0 Å². The standard InChI is InChI=1S/C9H13N5S/c1-5(10)8-13-14-7(6-3-2-4-6)11-12-9(14)15-8/h5-6H,2-4,10H2,1H3. The first-order valence-electron chi connectivity index (χ1n) is 5.23. The van der Waals surface area contributed by atoms with Gasteiger partial charge in [0, 0.05) is 5.92 Å². The van der Waals surface area contributed by atoms with Gasteiger partial charge in [0.25, 0.3) is 0 Å². The lowest BCUT2D eigenvalue weighted by Crippen LogP contribution is -2.13. The minimum atomic E-state index is -0.0223. The van der Waals surface area contributed by atoms with Crippen LogP contribution in [-0.4, -0.2) is 19.8 Å². The number of aromatic nitrogens is 4. The van der Waals surface area contributed by atoms with Crippen LogP contribution < -0.4 is 5.73 Å². The highest BCUT2D eigenvalue weighted by Gasteiger charge is 2.26. The molecule has 1 aliphatic rings. The third-order valence-electron chi connectivity index (χ3n) is 2.89. The Balaban J connectivity index is 2.07. The second-order valence-electron chi connectivity index (χ2n) is 4.11. The van der Waals surface area contributed by atoms with E-state index in [0.29, 0.717) is 5.92 Å². The highest BCUT2D eigenvalue weighted by Crippen LogP contribution is 2.35. The second kappa shape index (κ2) is 3.24. The lowest BCUT2D eigenvalue weighted by molar-refractivity contribution is 0.394. The van der Waals surface area contributed by atoms with E-state index in [4.69, 9.17) is 5.73 Å². The van der Waals surface area contributed by atoms with Gasteiger partial charge in [0.2, 0.25) is 4.96 Å². The zero-order chi connectivity index (χ0) is 10.4. The van der Waals surface area contributed by atoms with Gasteiger partial charge in [-0.3, -0.25) is 0 Å². The molecule has 1 unspecified atom stereocenters. The Morgan fingerprint density at radius 2 is 2.27 bits per heavy atom. The van der Waals surface area contributed by atoms with Gasteiger partial charge >= 0.3 is 0 Å². The van der Waals surface area contributed by atoms with E-state index in [2.05, 4.69) is 15.3 Å². The van der Waals surface area contributed by atoms with Crippen molar-refractivity contribution in [2.75, 3.05) is 0 Å². The number of fused-ring (bicyclic) bond motifs is 1. The Hall–Kier alpha value is -1.01. The zero-order valence-electron chi connectivity index (χ0n) is 8.55. The molecular formula is C9H13N5S. The van der Waals surface area contributed by atoms with E-state index in [1.54, 1.807) is 0 Å². The molecule has 0 amide bonds. The molecule has 80 valence electrons. The molecule has 1 saturated carbocycles. The molecule has 1 fully saturated rings. The van der Waals surface area contributed by atoms with Crippen LogP contribution >= 0.6 is 11.3 Å². The fourth-order valence-corrected chi connectivity index (χ4v) is 2.55. The van der Waals surface area contributed by atoms with Gasteiger partial charge < -0.3 is 5.73 Å². The maximum Gasteiger partial charge on any atom is 0.234 e. The Labute approximate surface area is 91.3 Å². The third kappa shape index (κ3) is 1.36. The summed E-state index contributed by atoms with van der Waals surface area (Å²) < 4.78 is 1.87. The van der Waals surface area contributed by atoms with Crippen LogP contribution in [0, 0.1) is 0 Å². The summed E-state index contributed by atoms with van der Waals surface area (Å²) >= 11 is 1.53. The van der Waals surface area contributed by atoms with Gasteiger partial charge in [-0.1, -0.05) is 17.8 Å². The molecule has 2 heterocycles. The maximum absolute atomic E-state index is 5.80. The first kappa shape index (κ1) is 9.23. The van der Waals surface area contributed by atoms with Crippen molar-refractivity contribution in [3.63, 3.8) is 0 Å². The summed E-state index contributed by atoms with van der Waals surface area (Å²) in [4.78, 5) is 0.865. The Kier molecular flexibility index (Phi) is 2.00. The van der Waals surface area contributed by atoms with Crippen molar-refractivity contribution in [2.45, 2.75) is 38.1 Å². The van der Waals surface area contributed by atoms with E-state index in [0.717, 1.165) is 15.8 Å². The first-order chi connectivity index (χ1) is 7.25. The van der Waals surface area contributed by atoms with E-state index >= 15 is 0 Å². The monoisotopic (exact) mass is 223 g/mol. The van der Waals surface area contributed by atoms with Gasteiger partial charge in [-0.05, 0) is 19.8 Å². The van der Waals surface area contributed by atoms with Crippen molar-refractivity contribution < 1.29 is 0 Å². The van der Waals surface area contributed by atoms with Crippen molar-refractivity contribution in [3.8, 4) is 0 Å². The van der Waals surface area contributed by atoms with E-state index in [9.17, 15) is 0 Å². The topological polar surface area (TPSA) is 69.1 Å². The van der Waals surface area contributed by atoms with E-state index in [1.165, 1.54) is 30.6 Å². The van der Waals surface area contributed by atoms with Crippen LogP contribution in [0.3, 0.4) is 0 Å². The van der Waals surface area contributed by atoms with Crippen LogP contribution in [0.25, 0.3) is 4.96 Å². The minimum absolute atomic E-state index is 0.0223. The number of hydrogen-bond donors (Lipinski definition) is 1. The van der Waals surface area contributed by atoms with Gasteiger partial charge in [0.1, 0.15) is 5.01 Å². The van der Waals surface area contributed by atoms with Crippen LogP contribution in [0.15, 0.2) is 0 Å². The van der Waals surface area contributed by atoms with Crippen molar-refractivity contribution in [2.24, 2.45) is 5.73 Å². The van der Waals surface area contributed by atoms with Crippen LogP contribution in [0.4, 0.5) is 0 Å². The van der Waals surface area contributed by atoms with E-state index in [1.807, 2.05) is 11.4 Å². The molecule has 0 bridgehead atoms. The van der Waals surface area contributed by atoms with Crippen molar-refractivity contribution in [1.29, 1.82) is 0 Å². The van der Waals surface area contributed by atoms with Crippen LogP contribution in [0.5, 0.6) is 0 Å². The SMILES string of the molecule is CC(N)c1nn2c(C3CCC3)nnc2s1. The predicted octanol–water partition coefficient (Wildman–Crippen LogP) is 1.47. The van der Waals surface area contributed by atoms with E-state index in [-0.39, 0.29) is 6.04 Å². The zero-order valence-corrected chi connectivity index (χ0v) is 9.37. The molecule has 0 aromatic carbocycles. The first-order valence-corrected chi connectivity index (χ1v) is 6.05. The molecule has 2 N–H and O–H groups in total. The summed E-state index contributed by atoms with van der Waals surface area (Å²) in [5.41, 5.74) is 5.80. The van der Waals surface area contributed by atoms with Crippen molar-refractivity contribution >= 4 is 16.3 Å². The van der Waals surface area contributed by atoms with Gasteiger partial charge in [0.15, 0.2) is 5.82 Å². The molecule has 1 atom stereocenters. The fraction of sp³-hybridized carbons (Fsp3) is 0.667. The van der Waals surface area contributed by atoms with Gasteiger partial charge in [-0.2, -0.15) is 9.61 Å². The predicted molar refractivity (Wildman–Crippen MR) is 57.9 cm³/mol. The average molecular weight is 223 g/mol. The van der Waals surface area contributed by atoms with Gasteiger partial charge in [-0.15, -0.1) is 10.2 Å². The van der Waals surface area contributed by atoms with Crippen molar-refractivity contribution in [1.82, 2.24) is 19.8 Å². The van der Waals surface area contributed by atoms with Crippen LogP contribution in [0.1, 0.15) is 49.0 Å². The highest BCUT2D eigenvalue weighted by molar-refractivity contribution is 7.16. The Bertz CT molecular complexity index is 482. The normalized spacial score (nSPS) is 19.3. The van der Waals surface area contributed by atoms with E-state index < -0.39 is 0 Å². The van der Waals surface area contributed by atoms with Gasteiger partial charge in [-0.25, -0.2) is 0 Å². The second-order valence-corrected chi connectivity index (χ2v) is 5.10. The molecule has 1 aliphatic carbocycles. The average Bonchev–Trinajstić information content (AvgIpc) is 2.63. The molecule has 5 nitrogen and oxygen atoms in total. The van der Waals surface area contributed by atoms with Crippen molar-refractivity contribution in [3.05, 3.63) is 10.8 Å². The lowest BCUT2D eigenvalue weighted by Gasteiger charge is -2.22. The lowest BCUT2D eigenvalue weighted by atomic mass is 9.85. The van der Waals surface area contributed by atoms with Crippen LogP contribution in [0.2, 0.25) is 0 Å². The number of hydrogen-bond acceptors (Lipinski definition) is 5. The maximum atomic E-state index is 5.80. The molecule has 15 heavy (non-hydrogen) atoms. The molecule has 6 heteroatoms. The molecule has 0 aliphatic heterocycles. The summed E-state index contributed by atoms with van der Waals surface area (Å²) in [6, 6.07) is -0.0223. The molecule has 3 rings (SSSR count). The third-order valence-corrected chi connectivity index (χ3v) is 3.99. The summed E-state index contributed by atoms with van der Waals surface area (Å²) in [5.74, 6) is 1.57. The van der Waals surface area contributed by atoms with Gasteiger partial charge in [0.05, 0.1) is 6.04 Å².